The zero-order valence-corrected chi connectivity index (χ0v) is 11.9. The Hall–Kier alpha value is -2.33. The van der Waals surface area contributed by atoms with E-state index >= 15 is 0 Å². The standard InChI is InChI=1S/C16H13ClFN3/c17-15-12(4-2-6-14(15)18)10-21-8-7-20-16(21)11-3-1-5-13(19)9-11/h1-9H,10,19H2. The third kappa shape index (κ3) is 2.76. The molecule has 0 unspecified atom stereocenters. The lowest BCUT2D eigenvalue weighted by Crippen LogP contribution is -2.02. The largest absolute Gasteiger partial charge is 0.399 e. The molecule has 1 heterocycles. The van der Waals surface area contributed by atoms with E-state index < -0.39 is 5.82 Å². The monoisotopic (exact) mass is 301 g/mol. The predicted molar refractivity (Wildman–Crippen MR) is 82.6 cm³/mol. The topological polar surface area (TPSA) is 43.8 Å². The van der Waals surface area contributed by atoms with Crippen molar-refractivity contribution in [3.05, 3.63) is 71.3 Å². The van der Waals surface area contributed by atoms with Gasteiger partial charge in [-0.2, -0.15) is 0 Å². The van der Waals surface area contributed by atoms with Gasteiger partial charge in [-0.1, -0.05) is 35.9 Å². The van der Waals surface area contributed by atoms with Crippen LogP contribution in [0.5, 0.6) is 0 Å². The van der Waals surface area contributed by atoms with Crippen LogP contribution in [-0.4, -0.2) is 9.55 Å². The fourth-order valence-corrected chi connectivity index (χ4v) is 2.41. The molecule has 0 atom stereocenters. The highest BCUT2D eigenvalue weighted by Gasteiger charge is 2.10. The molecule has 2 aromatic carbocycles. The molecule has 3 rings (SSSR count). The third-order valence-electron chi connectivity index (χ3n) is 3.23. The van der Waals surface area contributed by atoms with Gasteiger partial charge < -0.3 is 10.3 Å². The van der Waals surface area contributed by atoms with Crippen LogP contribution in [0.4, 0.5) is 10.1 Å². The maximum Gasteiger partial charge on any atom is 0.142 e. The summed E-state index contributed by atoms with van der Waals surface area (Å²) < 4.78 is 15.4. The molecule has 106 valence electrons. The number of hydrogen-bond acceptors (Lipinski definition) is 2. The first kappa shape index (κ1) is 13.6. The molecular formula is C16H13ClFN3. The Morgan fingerprint density at radius 1 is 1.19 bits per heavy atom. The van der Waals surface area contributed by atoms with Crippen molar-refractivity contribution in [3.63, 3.8) is 0 Å². The lowest BCUT2D eigenvalue weighted by Gasteiger charge is -2.10. The smallest absolute Gasteiger partial charge is 0.142 e. The van der Waals surface area contributed by atoms with E-state index in [9.17, 15) is 4.39 Å². The molecule has 5 heteroatoms. The normalized spacial score (nSPS) is 10.8. The van der Waals surface area contributed by atoms with Gasteiger partial charge >= 0.3 is 0 Å². The van der Waals surface area contributed by atoms with E-state index in [0.717, 1.165) is 11.4 Å². The summed E-state index contributed by atoms with van der Waals surface area (Å²) in [7, 11) is 0. The van der Waals surface area contributed by atoms with Crippen LogP contribution in [0.15, 0.2) is 54.9 Å². The number of hydrogen-bond donors (Lipinski definition) is 1. The summed E-state index contributed by atoms with van der Waals surface area (Å²) in [6.45, 7) is 0.445. The summed E-state index contributed by atoms with van der Waals surface area (Å²) in [6.07, 6.45) is 3.53. The molecule has 0 spiro atoms. The third-order valence-corrected chi connectivity index (χ3v) is 3.66. The molecule has 0 bridgehead atoms. The van der Waals surface area contributed by atoms with Crippen molar-refractivity contribution in [2.24, 2.45) is 0 Å². The average Bonchev–Trinajstić information content (AvgIpc) is 2.92. The van der Waals surface area contributed by atoms with Crippen molar-refractivity contribution in [2.75, 3.05) is 5.73 Å². The quantitative estimate of drug-likeness (QED) is 0.744. The summed E-state index contributed by atoms with van der Waals surface area (Å²) in [6, 6.07) is 12.3. The van der Waals surface area contributed by atoms with Crippen molar-refractivity contribution in [2.45, 2.75) is 6.54 Å². The van der Waals surface area contributed by atoms with Gasteiger partial charge in [0.05, 0.1) is 11.6 Å². The Morgan fingerprint density at radius 2 is 2.00 bits per heavy atom. The number of rotatable bonds is 3. The number of halogens is 2. The molecule has 0 saturated heterocycles. The van der Waals surface area contributed by atoms with Crippen LogP contribution < -0.4 is 5.73 Å². The van der Waals surface area contributed by atoms with Crippen LogP contribution in [0.25, 0.3) is 11.4 Å². The zero-order valence-electron chi connectivity index (χ0n) is 11.1. The van der Waals surface area contributed by atoms with E-state index in [2.05, 4.69) is 4.98 Å². The predicted octanol–water partition coefficient (Wildman–Crippen LogP) is 3.97. The van der Waals surface area contributed by atoms with E-state index in [0.29, 0.717) is 17.8 Å². The second kappa shape index (κ2) is 5.58. The number of nitrogens with zero attached hydrogens (tertiary/aromatic N) is 2. The SMILES string of the molecule is Nc1cccc(-c2nccn2Cc2cccc(F)c2Cl)c1. The number of imidazole rings is 1. The van der Waals surface area contributed by atoms with Gasteiger partial charge in [0.25, 0.3) is 0 Å². The molecule has 21 heavy (non-hydrogen) atoms. The highest BCUT2D eigenvalue weighted by Crippen LogP contribution is 2.24. The number of nitrogen functional groups attached to an aromatic ring is 1. The molecule has 0 fully saturated rings. The van der Waals surface area contributed by atoms with Gasteiger partial charge in [0, 0.05) is 23.6 Å². The molecule has 0 amide bonds. The summed E-state index contributed by atoms with van der Waals surface area (Å²) >= 11 is 6.00. The Kier molecular flexibility index (Phi) is 3.62. The molecule has 0 aliphatic carbocycles. The first-order valence-corrected chi connectivity index (χ1v) is 6.83. The van der Waals surface area contributed by atoms with Crippen LogP contribution in [0, 0.1) is 5.82 Å². The number of benzene rings is 2. The first-order valence-electron chi connectivity index (χ1n) is 6.45. The molecule has 3 nitrogen and oxygen atoms in total. The molecule has 3 aromatic rings. The van der Waals surface area contributed by atoms with E-state index in [4.69, 9.17) is 17.3 Å². The Labute approximate surface area is 126 Å². The molecular weight excluding hydrogens is 289 g/mol. The van der Waals surface area contributed by atoms with Crippen LogP contribution >= 0.6 is 11.6 Å². The van der Waals surface area contributed by atoms with Gasteiger partial charge in [-0.05, 0) is 23.8 Å². The molecule has 0 aliphatic rings. The van der Waals surface area contributed by atoms with Gasteiger partial charge in [-0.15, -0.1) is 0 Å². The zero-order chi connectivity index (χ0) is 14.8. The minimum Gasteiger partial charge on any atom is -0.399 e. The van der Waals surface area contributed by atoms with Crippen molar-refractivity contribution in [1.29, 1.82) is 0 Å². The lowest BCUT2D eigenvalue weighted by molar-refractivity contribution is 0.624. The molecule has 1 aromatic heterocycles. The highest BCUT2D eigenvalue weighted by molar-refractivity contribution is 6.31. The van der Waals surface area contributed by atoms with E-state index in [-0.39, 0.29) is 5.02 Å². The van der Waals surface area contributed by atoms with Gasteiger partial charge in [0.2, 0.25) is 0 Å². The Morgan fingerprint density at radius 3 is 2.81 bits per heavy atom. The summed E-state index contributed by atoms with van der Waals surface area (Å²) in [5.41, 5.74) is 8.09. The van der Waals surface area contributed by atoms with Gasteiger partial charge in [-0.3, -0.25) is 0 Å². The first-order chi connectivity index (χ1) is 10.1. The van der Waals surface area contributed by atoms with E-state index in [1.807, 2.05) is 35.0 Å². The minimum atomic E-state index is -0.417. The number of aromatic nitrogens is 2. The summed E-state index contributed by atoms with van der Waals surface area (Å²) in [4.78, 5) is 4.35. The maximum atomic E-state index is 13.5. The molecule has 0 saturated carbocycles. The Bertz CT molecular complexity index is 783. The van der Waals surface area contributed by atoms with Gasteiger partial charge in [0.15, 0.2) is 0 Å². The van der Waals surface area contributed by atoms with Gasteiger partial charge in [0.1, 0.15) is 11.6 Å². The summed E-state index contributed by atoms with van der Waals surface area (Å²) in [5.74, 6) is 0.349. The van der Waals surface area contributed by atoms with E-state index in [1.165, 1.54) is 6.07 Å². The second-order valence-corrected chi connectivity index (χ2v) is 5.10. The molecule has 0 aliphatic heterocycles. The van der Waals surface area contributed by atoms with Crippen LogP contribution in [0.1, 0.15) is 5.56 Å². The van der Waals surface area contributed by atoms with Crippen molar-refractivity contribution < 1.29 is 4.39 Å². The minimum absolute atomic E-state index is 0.143. The van der Waals surface area contributed by atoms with Gasteiger partial charge in [-0.25, -0.2) is 9.37 Å². The number of nitrogens with two attached hydrogens (primary N) is 1. The van der Waals surface area contributed by atoms with Crippen LogP contribution in [0.3, 0.4) is 0 Å². The maximum absolute atomic E-state index is 13.5. The summed E-state index contributed by atoms with van der Waals surface area (Å²) in [5, 5.41) is 0.143. The molecule has 2 N–H and O–H groups in total. The lowest BCUT2D eigenvalue weighted by atomic mass is 10.1. The van der Waals surface area contributed by atoms with Crippen molar-refractivity contribution in [3.8, 4) is 11.4 Å². The van der Waals surface area contributed by atoms with Crippen LogP contribution in [-0.2, 0) is 6.54 Å². The molecule has 0 radical (unpaired) electrons. The average molecular weight is 302 g/mol. The Balaban J connectivity index is 1.98. The second-order valence-electron chi connectivity index (χ2n) is 4.72. The fourth-order valence-electron chi connectivity index (χ4n) is 2.23. The van der Waals surface area contributed by atoms with Crippen molar-refractivity contribution in [1.82, 2.24) is 9.55 Å². The number of anilines is 1. The van der Waals surface area contributed by atoms with Crippen LogP contribution in [0.2, 0.25) is 5.02 Å². The fraction of sp³-hybridized carbons (Fsp3) is 0.0625. The van der Waals surface area contributed by atoms with Crippen molar-refractivity contribution >= 4 is 17.3 Å². The van der Waals surface area contributed by atoms with E-state index in [1.54, 1.807) is 18.3 Å². The highest BCUT2D eigenvalue weighted by atomic mass is 35.5.